The average molecular weight is 276 g/mol. The van der Waals surface area contributed by atoms with Crippen molar-refractivity contribution < 1.29 is 9.53 Å². The van der Waals surface area contributed by atoms with Crippen LogP contribution in [0.15, 0.2) is 24.3 Å². The van der Waals surface area contributed by atoms with E-state index in [0.29, 0.717) is 6.04 Å². The van der Waals surface area contributed by atoms with Crippen LogP contribution in [-0.2, 0) is 16.1 Å². The highest BCUT2D eigenvalue weighted by Gasteiger charge is 2.32. The summed E-state index contributed by atoms with van der Waals surface area (Å²) in [7, 11) is 0. The van der Waals surface area contributed by atoms with Gasteiger partial charge < -0.3 is 15.4 Å². The predicted molar refractivity (Wildman–Crippen MR) is 80.6 cm³/mol. The fourth-order valence-corrected chi connectivity index (χ4v) is 2.64. The molecule has 0 bridgehead atoms. The second-order valence-electron chi connectivity index (χ2n) is 5.87. The molecule has 2 N–H and O–H groups in total. The lowest BCUT2D eigenvalue weighted by molar-refractivity contribution is -0.114. The average Bonchev–Trinajstić information content (AvgIpc) is 2.38. The molecule has 4 nitrogen and oxygen atoms in total. The Labute approximate surface area is 120 Å². The minimum atomic E-state index is -0.138. The van der Waals surface area contributed by atoms with E-state index in [1.54, 1.807) is 0 Å². The summed E-state index contributed by atoms with van der Waals surface area (Å²) in [5.41, 5.74) is 1.84. The number of para-hydroxylation sites is 1. The van der Waals surface area contributed by atoms with Gasteiger partial charge in [-0.3, -0.25) is 4.79 Å². The van der Waals surface area contributed by atoms with Crippen molar-refractivity contribution in [2.24, 2.45) is 0 Å². The van der Waals surface area contributed by atoms with Crippen LogP contribution in [0.3, 0.4) is 0 Å². The second kappa shape index (κ2) is 6.37. The molecular weight excluding hydrogens is 252 g/mol. The molecular formula is C16H24N2O2. The second-order valence-corrected chi connectivity index (χ2v) is 5.87. The summed E-state index contributed by atoms with van der Waals surface area (Å²) in [6, 6.07) is 8.23. The van der Waals surface area contributed by atoms with E-state index in [0.717, 1.165) is 37.2 Å². The quantitative estimate of drug-likeness (QED) is 0.889. The Hall–Kier alpha value is -1.39. The molecule has 110 valence electrons. The molecule has 1 aromatic rings. The van der Waals surface area contributed by atoms with Crippen molar-refractivity contribution in [3.63, 3.8) is 0 Å². The minimum absolute atomic E-state index is 0.0428. The number of benzene rings is 1. The molecule has 1 aliphatic rings. The lowest BCUT2D eigenvalue weighted by atomic mass is 9.91. The van der Waals surface area contributed by atoms with Crippen molar-refractivity contribution in [1.82, 2.24) is 5.32 Å². The van der Waals surface area contributed by atoms with Gasteiger partial charge in [-0.05, 0) is 38.3 Å². The third kappa shape index (κ3) is 3.81. The number of ether oxygens (including phenoxy) is 1. The molecule has 20 heavy (non-hydrogen) atoms. The highest BCUT2D eigenvalue weighted by Crippen LogP contribution is 2.25. The van der Waals surface area contributed by atoms with Crippen molar-refractivity contribution in [3.05, 3.63) is 29.8 Å². The normalized spacial score (nSPS) is 21.4. The Morgan fingerprint density at radius 3 is 2.85 bits per heavy atom. The summed E-state index contributed by atoms with van der Waals surface area (Å²) >= 11 is 0. The molecule has 2 rings (SSSR count). The molecule has 1 heterocycles. The first-order valence-corrected chi connectivity index (χ1v) is 7.22. The van der Waals surface area contributed by atoms with E-state index in [1.165, 1.54) is 6.92 Å². The molecule has 0 saturated carbocycles. The van der Waals surface area contributed by atoms with Crippen molar-refractivity contribution in [2.45, 2.75) is 51.8 Å². The maximum absolute atomic E-state index is 11.2. The monoisotopic (exact) mass is 276 g/mol. The van der Waals surface area contributed by atoms with Gasteiger partial charge in [-0.2, -0.15) is 0 Å². The number of hydrogen-bond acceptors (Lipinski definition) is 3. The molecule has 1 aliphatic heterocycles. The fourth-order valence-electron chi connectivity index (χ4n) is 2.64. The summed E-state index contributed by atoms with van der Waals surface area (Å²) in [5.74, 6) is -0.0428. The van der Waals surface area contributed by atoms with Gasteiger partial charge in [0, 0.05) is 31.8 Å². The van der Waals surface area contributed by atoms with Crippen LogP contribution in [0.4, 0.5) is 5.69 Å². The lowest BCUT2D eigenvalue weighted by Gasteiger charge is -2.39. The molecule has 0 aromatic heterocycles. The maximum atomic E-state index is 11.2. The zero-order chi connectivity index (χ0) is 14.6. The van der Waals surface area contributed by atoms with Crippen LogP contribution in [0.1, 0.15) is 39.2 Å². The van der Waals surface area contributed by atoms with Gasteiger partial charge in [0.2, 0.25) is 5.91 Å². The van der Waals surface area contributed by atoms with Gasteiger partial charge in [0.1, 0.15) is 0 Å². The van der Waals surface area contributed by atoms with Gasteiger partial charge in [-0.1, -0.05) is 18.2 Å². The molecule has 1 fully saturated rings. The zero-order valence-electron chi connectivity index (χ0n) is 12.5. The van der Waals surface area contributed by atoms with Crippen molar-refractivity contribution in [2.75, 3.05) is 11.9 Å². The SMILES string of the molecule is CC(=O)Nc1ccccc1CNC1CCCOC1(C)C. The van der Waals surface area contributed by atoms with E-state index < -0.39 is 0 Å². The number of nitrogens with one attached hydrogen (secondary N) is 2. The third-order valence-corrected chi connectivity index (χ3v) is 3.82. The molecule has 4 heteroatoms. The Kier molecular flexibility index (Phi) is 4.78. The van der Waals surface area contributed by atoms with Crippen LogP contribution in [-0.4, -0.2) is 24.2 Å². The number of rotatable bonds is 4. The van der Waals surface area contributed by atoms with E-state index in [-0.39, 0.29) is 11.5 Å². The lowest BCUT2D eigenvalue weighted by Crippen LogP contribution is -2.51. The summed E-state index contributed by atoms with van der Waals surface area (Å²) in [4.78, 5) is 11.2. The fraction of sp³-hybridized carbons (Fsp3) is 0.562. The summed E-state index contributed by atoms with van der Waals surface area (Å²) in [6.07, 6.45) is 2.21. The van der Waals surface area contributed by atoms with E-state index in [9.17, 15) is 4.79 Å². The molecule has 1 saturated heterocycles. The van der Waals surface area contributed by atoms with Crippen LogP contribution in [0, 0.1) is 0 Å². The molecule has 1 unspecified atom stereocenters. The topological polar surface area (TPSA) is 50.4 Å². The molecule has 0 radical (unpaired) electrons. The van der Waals surface area contributed by atoms with Crippen LogP contribution in [0.25, 0.3) is 0 Å². The number of amides is 1. The number of carbonyl (C=O) groups is 1. The summed E-state index contributed by atoms with van der Waals surface area (Å²) in [6.45, 7) is 7.36. The molecule has 1 aromatic carbocycles. The Morgan fingerprint density at radius 1 is 1.40 bits per heavy atom. The maximum Gasteiger partial charge on any atom is 0.221 e. The van der Waals surface area contributed by atoms with Gasteiger partial charge in [0.25, 0.3) is 0 Å². The largest absolute Gasteiger partial charge is 0.374 e. The zero-order valence-corrected chi connectivity index (χ0v) is 12.5. The Bertz CT molecular complexity index is 471. The third-order valence-electron chi connectivity index (χ3n) is 3.82. The van der Waals surface area contributed by atoms with Crippen LogP contribution in [0.2, 0.25) is 0 Å². The molecule has 1 atom stereocenters. The number of hydrogen-bond donors (Lipinski definition) is 2. The van der Waals surface area contributed by atoms with E-state index in [1.807, 2.05) is 24.3 Å². The van der Waals surface area contributed by atoms with Crippen molar-refractivity contribution >= 4 is 11.6 Å². The Morgan fingerprint density at radius 2 is 2.15 bits per heavy atom. The van der Waals surface area contributed by atoms with Gasteiger partial charge in [-0.15, -0.1) is 0 Å². The highest BCUT2D eigenvalue weighted by atomic mass is 16.5. The van der Waals surface area contributed by atoms with E-state index in [2.05, 4.69) is 24.5 Å². The molecule has 0 aliphatic carbocycles. The number of carbonyl (C=O) groups excluding carboxylic acids is 1. The first kappa shape index (κ1) is 15.0. The van der Waals surface area contributed by atoms with Crippen LogP contribution < -0.4 is 10.6 Å². The van der Waals surface area contributed by atoms with Crippen LogP contribution >= 0.6 is 0 Å². The van der Waals surface area contributed by atoms with Gasteiger partial charge in [0.15, 0.2) is 0 Å². The van der Waals surface area contributed by atoms with Crippen molar-refractivity contribution in [1.29, 1.82) is 0 Å². The summed E-state index contributed by atoms with van der Waals surface area (Å²) in [5, 5.41) is 6.44. The van der Waals surface area contributed by atoms with Gasteiger partial charge in [0.05, 0.1) is 5.60 Å². The van der Waals surface area contributed by atoms with Crippen molar-refractivity contribution in [3.8, 4) is 0 Å². The van der Waals surface area contributed by atoms with Crippen LogP contribution in [0.5, 0.6) is 0 Å². The Balaban J connectivity index is 2.01. The first-order valence-electron chi connectivity index (χ1n) is 7.22. The number of anilines is 1. The molecule has 1 amide bonds. The van der Waals surface area contributed by atoms with E-state index >= 15 is 0 Å². The van der Waals surface area contributed by atoms with Gasteiger partial charge >= 0.3 is 0 Å². The first-order chi connectivity index (χ1) is 9.49. The highest BCUT2D eigenvalue weighted by molar-refractivity contribution is 5.89. The van der Waals surface area contributed by atoms with E-state index in [4.69, 9.17) is 4.74 Å². The predicted octanol–water partition coefficient (Wildman–Crippen LogP) is 2.69. The molecule has 0 spiro atoms. The van der Waals surface area contributed by atoms with Gasteiger partial charge in [-0.25, -0.2) is 0 Å². The minimum Gasteiger partial charge on any atom is -0.374 e. The summed E-state index contributed by atoms with van der Waals surface area (Å²) < 4.78 is 5.83. The smallest absolute Gasteiger partial charge is 0.221 e. The standard InChI is InChI=1S/C16H24N2O2/c1-12(19)18-14-8-5-4-7-13(14)11-17-15-9-6-10-20-16(15,2)3/h4-5,7-8,15,17H,6,9-11H2,1-3H3,(H,18,19).